The minimum atomic E-state index is 0.311. The number of nitrogens with one attached hydrogen (secondary N) is 1. The van der Waals surface area contributed by atoms with Crippen molar-refractivity contribution in [1.82, 2.24) is 35.3 Å². The van der Waals surface area contributed by atoms with Crippen molar-refractivity contribution in [2.75, 3.05) is 12.4 Å². The molecule has 0 bridgehead atoms. The van der Waals surface area contributed by atoms with Crippen LogP contribution < -0.4 is 10.1 Å². The molecule has 3 heterocycles. The van der Waals surface area contributed by atoms with Gasteiger partial charge in [0.15, 0.2) is 5.82 Å². The normalized spacial score (nSPS) is 11.1. The van der Waals surface area contributed by atoms with Gasteiger partial charge < -0.3 is 10.1 Å². The van der Waals surface area contributed by atoms with Gasteiger partial charge >= 0.3 is 0 Å². The van der Waals surface area contributed by atoms with E-state index in [1.165, 1.54) is 4.52 Å². The smallest absolute Gasteiger partial charge is 0.248 e. The van der Waals surface area contributed by atoms with Crippen LogP contribution in [-0.4, -0.2) is 42.4 Å². The maximum atomic E-state index is 5.11. The molecule has 10 heteroatoms. The summed E-state index contributed by atoms with van der Waals surface area (Å²) < 4.78 is 11.2. The van der Waals surface area contributed by atoms with Crippen LogP contribution >= 0.6 is 0 Å². The first-order chi connectivity index (χ1) is 10.3. The Labute approximate surface area is 116 Å². The lowest BCUT2D eigenvalue weighted by Crippen LogP contribution is -2.01. The summed E-state index contributed by atoms with van der Waals surface area (Å²) in [6.07, 6.45) is 0. The van der Waals surface area contributed by atoms with E-state index in [0.29, 0.717) is 22.8 Å². The second-order valence-corrected chi connectivity index (χ2v) is 4.14. The number of fused-ring (bicyclic) bond motifs is 3. The third kappa shape index (κ3) is 1.81. The zero-order valence-corrected chi connectivity index (χ0v) is 10.8. The molecule has 0 atom stereocenters. The van der Waals surface area contributed by atoms with Crippen molar-refractivity contribution < 1.29 is 9.37 Å². The Hall–Kier alpha value is -3.30. The predicted molar refractivity (Wildman–Crippen MR) is 70.2 cm³/mol. The summed E-state index contributed by atoms with van der Waals surface area (Å²) in [5, 5.41) is 21.9. The fourth-order valence-corrected chi connectivity index (χ4v) is 1.91. The van der Waals surface area contributed by atoms with Gasteiger partial charge in [-0.1, -0.05) is 0 Å². The Balaban J connectivity index is 1.81. The molecule has 21 heavy (non-hydrogen) atoms. The highest BCUT2D eigenvalue weighted by molar-refractivity contribution is 5.78. The van der Waals surface area contributed by atoms with Gasteiger partial charge in [0, 0.05) is 5.69 Å². The Morgan fingerprint density at radius 1 is 1.14 bits per heavy atom. The van der Waals surface area contributed by atoms with E-state index in [-0.39, 0.29) is 0 Å². The second kappa shape index (κ2) is 4.37. The molecule has 104 valence electrons. The van der Waals surface area contributed by atoms with E-state index in [0.717, 1.165) is 11.4 Å². The minimum Gasteiger partial charge on any atom is -0.497 e. The summed E-state index contributed by atoms with van der Waals surface area (Å²) in [5.74, 6) is 1.22. The van der Waals surface area contributed by atoms with Crippen LogP contribution in [0.2, 0.25) is 0 Å². The highest BCUT2D eigenvalue weighted by Gasteiger charge is 2.15. The van der Waals surface area contributed by atoms with Crippen LogP contribution in [0, 0.1) is 0 Å². The van der Waals surface area contributed by atoms with Gasteiger partial charge in [0.1, 0.15) is 5.75 Å². The minimum absolute atomic E-state index is 0.311. The molecule has 0 aliphatic heterocycles. The van der Waals surface area contributed by atoms with Gasteiger partial charge in [-0.15, -0.1) is 5.10 Å². The zero-order chi connectivity index (χ0) is 14.2. The molecule has 1 aromatic carbocycles. The number of nitrogens with zero attached hydrogens (tertiary/aromatic N) is 7. The predicted octanol–water partition coefficient (Wildman–Crippen LogP) is 0.808. The average molecular weight is 284 g/mol. The number of aromatic nitrogens is 7. The first kappa shape index (κ1) is 11.5. The average Bonchev–Trinajstić information content (AvgIpc) is 3.16. The molecule has 0 saturated heterocycles. The number of hydrogen-bond acceptors (Lipinski definition) is 9. The van der Waals surface area contributed by atoms with Gasteiger partial charge in [-0.2, -0.15) is 4.52 Å². The highest BCUT2D eigenvalue weighted by atomic mass is 16.6. The third-order valence-electron chi connectivity index (χ3n) is 2.91. The van der Waals surface area contributed by atoms with E-state index >= 15 is 0 Å². The van der Waals surface area contributed by atoms with Crippen LogP contribution in [0.1, 0.15) is 0 Å². The fourth-order valence-electron chi connectivity index (χ4n) is 1.91. The number of hydrogen-bond donors (Lipinski definition) is 1. The van der Waals surface area contributed by atoms with Crippen LogP contribution in [0.15, 0.2) is 28.9 Å². The largest absolute Gasteiger partial charge is 0.497 e. The standard InChI is InChI=1S/C11H8N8O2/c1-20-7-4-2-6(3-5-7)12-8-10-14-17-18-19(10)11-9(13-8)15-21-16-11/h2-5H,1H3,(H,12,13,15). The van der Waals surface area contributed by atoms with Crippen molar-refractivity contribution >= 4 is 28.4 Å². The number of rotatable bonds is 3. The molecule has 0 saturated carbocycles. The lowest BCUT2D eigenvalue weighted by atomic mass is 10.3. The summed E-state index contributed by atoms with van der Waals surface area (Å²) in [7, 11) is 1.61. The van der Waals surface area contributed by atoms with Crippen LogP contribution in [0.3, 0.4) is 0 Å². The summed E-state index contributed by atoms with van der Waals surface area (Å²) in [6.45, 7) is 0. The molecular weight excluding hydrogens is 276 g/mol. The molecule has 0 unspecified atom stereocenters. The molecule has 4 rings (SSSR count). The van der Waals surface area contributed by atoms with E-state index in [9.17, 15) is 0 Å². The van der Waals surface area contributed by atoms with Gasteiger partial charge in [0.2, 0.25) is 16.9 Å². The molecule has 0 radical (unpaired) electrons. The molecule has 0 spiro atoms. The van der Waals surface area contributed by atoms with Crippen LogP contribution in [0.25, 0.3) is 16.9 Å². The molecule has 3 aromatic heterocycles. The van der Waals surface area contributed by atoms with Gasteiger partial charge in [-0.25, -0.2) is 9.61 Å². The number of ether oxygens (including phenoxy) is 1. The number of anilines is 2. The number of methoxy groups -OCH3 is 1. The van der Waals surface area contributed by atoms with E-state index in [1.54, 1.807) is 7.11 Å². The maximum Gasteiger partial charge on any atom is 0.248 e. The number of tetrazole rings is 1. The van der Waals surface area contributed by atoms with Crippen LogP contribution in [0.4, 0.5) is 11.5 Å². The SMILES string of the molecule is COc1ccc(Nc2nc3nonc3n3nnnc23)cc1. The van der Waals surface area contributed by atoms with E-state index in [4.69, 9.17) is 4.74 Å². The first-order valence-electron chi connectivity index (χ1n) is 5.96. The fraction of sp³-hybridized carbons (Fsp3) is 0.0909. The first-order valence-corrected chi connectivity index (χ1v) is 5.96. The zero-order valence-electron chi connectivity index (χ0n) is 10.8. The topological polar surface area (TPSA) is 116 Å². The van der Waals surface area contributed by atoms with Crippen molar-refractivity contribution in [3.8, 4) is 5.75 Å². The summed E-state index contributed by atoms with van der Waals surface area (Å²) in [5.41, 5.74) is 1.90. The molecule has 4 aromatic rings. The van der Waals surface area contributed by atoms with Crippen molar-refractivity contribution in [1.29, 1.82) is 0 Å². The Kier molecular flexibility index (Phi) is 2.40. The van der Waals surface area contributed by atoms with Crippen molar-refractivity contribution in [3.05, 3.63) is 24.3 Å². The van der Waals surface area contributed by atoms with Gasteiger partial charge in [-0.3, -0.25) is 0 Å². The molecule has 0 amide bonds. The van der Waals surface area contributed by atoms with Crippen molar-refractivity contribution in [2.24, 2.45) is 0 Å². The van der Waals surface area contributed by atoms with Gasteiger partial charge in [-0.05, 0) is 45.0 Å². The Morgan fingerprint density at radius 3 is 2.81 bits per heavy atom. The van der Waals surface area contributed by atoms with E-state index < -0.39 is 0 Å². The second-order valence-electron chi connectivity index (χ2n) is 4.14. The van der Waals surface area contributed by atoms with Gasteiger partial charge in [0.25, 0.3) is 0 Å². The Morgan fingerprint density at radius 2 is 2.00 bits per heavy atom. The quantitative estimate of drug-likeness (QED) is 0.583. The van der Waals surface area contributed by atoms with Crippen molar-refractivity contribution in [3.63, 3.8) is 0 Å². The molecule has 0 aliphatic rings. The van der Waals surface area contributed by atoms with Gasteiger partial charge in [0.05, 0.1) is 7.11 Å². The number of benzene rings is 1. The lowest BCUT2D eigenvalue weighted by Gasteiger charge is -2.06. The summed E-state index contributed by atoms with van der Waals surface area (Å²) in [6, 6.07) is 7.37. The maximum absolute atomic E-state index is 5.11. The molecule has 0 aliphatic carbocycles. The summed E-state index contributed by atoms with van der Waals surface area (Å²) in [4.78, 5) is 4.30. The monoisotopic (exact) mass is 284 g/mol. The molecule has 0 fully saturated rings. The molecular formula is C11H8N8O2. The van der Waals surface area contributed by atoms with E-state index in [2.05, 4.69) is 40.8 Å². The molecule has 10 nitrogen and oxygen atoms in total. The summed E-state index contributed by atoms with van der Waals surface area (Å²) >= 11 is 0. The molecule has 1 N–H and O–H groups in total. The highest BCUT2D eigenvalue weighted by Crippen LogP contribution is 2.22. The third-order valence-corrected chi connectivity index (χ3v) is 2.91. The van der Waals surface area contributed by atoms with Crippen LogP contribution in [0.5, 0.6) is 5.75 Å². The Bertz CT molecular complexity index is 913. The van der Waals surface area contributed by atoms with E-state index in [1.807, 2.05) is 24.3 Å². The van der Waals surface area contributed by atoms with Crippen LogP contribution in [-0.2, 0) is 0 Å². The van der Waals surface area contributed by atoms with Crippen molar-refractivity contribution in [2.45, 2.75) is 0 Å². The lowest BCUT2D eigenvalue weighted by molar-refractivity contribution is 0.313.